The second-order valence-electron chi connectivity index (χ2n) is 7.43. The molecule has 0 saturated carbocycles. The summed E-state index contributed by atoms with van der Waals surface area (Å²) in [4.78, 5) is 52.1. The lowest BCUT2D eigenvalue weighted by molar-refractivity contribution is -0.137. The molecule has 27 heavy (non-hydrogen) atoms. The summed E-state index contributed by atoms with van der Waals surface area (Å²) in [6.45, 7) is 2.04. The minimum atomic E-state index is -0.610. The molecule has 0 aromatic heterocycles. The number of hydrogen-bond donors (Lipinski definition) is 1. The van der Waals surface area contributed by atoms with Gasteiger partial charge < -0.3 is 9.80 Å². The van der Waals surface area contributed by atoms with Gasteiger partial charge in [0.05, 0.1) is 0 Å². The molecule has 3 aliphatic rings. The zero-order chi connectivity index (χ0) is 19.0. The number of likely N-dealkylation sites (tertiary alicyclic amines) is 1. The monoisotopic (exact) mass is 369 g/mol. The highest BCUT2D eigenvalue weighted by molar-refractivity contribution is 6.05. The predicted octanol–water partition coefficient (Wildman–Crippen LogP) is 1.00. The second-order valence-corrected chi connectivity index (χ2v) is 7.43. The number of nitrogens with zero attached hydrogens (tertiary/aromatic N) is 2. The summed E-state index contributed by atoms with van der Waals surface area (Å²) in [7, 11) is 0. The third-order valence-corrected chi connectivity index (χ3v) is 5.75. The van der Waals surface area contributed by atoms with E-state index in [1.54, 1.807) is 11.0 Å². The summed E-state index contributed by atoms with van der Waals surface area (Å²) < 4.78 is 0. The Morgan fingerprint density at radius 1 is 1.15 bits per heavy atom. The van der Waals surface area contributed by atoms with E-state index in [2.05, 4.69) is 5.32 Å². The molecule has 3 aliphatic heterocycles. The lowest BCUT2D eigenvalue weighted by Crippen LogP contribution is -2.52. The van der Waals surface area contributed by atoms with E-state index < -0.39 is 11.9 Å². The number of amides is 4. The van der Waals surface area contributed by atoms with Gasteiger partial charge in [0.15, 0.2) is 0 Å². The van der Waals surface area contributed by atoms with Crippen LogP contribution in [0.25, 0.3) is 0 Å². The number of hydrogen-bond acceptors (Lipinski definition) is 4. The first-order valence-electron chi connectivity index (χ1n) is 9.58. The quantitative estimate of drug-likeness (QED) is 0.803. The fraction of sp³-hybridized carbons (Fsp3) is 0.500. The van der Waals surface area contributed by atoms with Gasteiger partial charge in [-0.25, -0.2) is 0 Å². The largest absolute Gasteiger partial charge is 0.343 e. The van der Waals surface area contributed by atoms with E-state index in [4.69, 9.17) is 0 Å². The van der Waals surface area contributed by atoms with Crippen LogP contribution in [0.4, 0.5) is 0 Å². The van der Waals surface area contributed by atoms with E-state index in [0.717, 1.165) is 37.1 Å². The molecule has 1 aromatic rings. The number of benzene rings is 1. The average molecular weight is 369 g/mol. The zero-order valence-corrected chi connectivity index (χ0v) is 15.2. The van der Waals surface area contributed by atoms with Crippen molar-refractivity contribution in [2.24, 2.45) is 0 Å². The number of piperidine rings is 1. The van der Waals surface area contributed by atoms with Crippen molar-refractivity contribution in [2.45, 2.75) is 51.1 Å². The molecule has 7 heteroatoms. The van der Waals surface area contributed by atoms with Crippen LogP contribution in [0.2, 0.25) is 0 Å². The van der Waals surface area contributed by atoms with E-state index in [0.29, 0.717) is 31.4 Å². The Morgan fingerprint density at radius 3 is 2.67 bits per heavy atom. The summed E-state index contributed by atoms with van der Waals surface area (Å²) >= 11 is 0. The van der Waals surface area contributed by atoms with Crippen molar-refractivity contribution >= 4 is 23.6 Å². The van der Waals surface area contributed by atoms with Crippen LogP contribution in [-0.4, -0.2) is 52.6 Å². The normalized spacial score (nSPS) is 22.2. The summed E-state index contributed by atoms with van der Waals surface area (Å²) in [5.41, 5.74) is 2.50. The molecule has 1 unspecified atom stereocenters. The fourth-order valence-corrected chi connectivity index (χ4v) is 4.25. The highest BCUT2D eigenvalue weighted by atomic mass is 16.2. The van der Waals surface area contributed by atoms with Crippen molar-refractivity contribution < 1.29 is 19.2 Å². The lowest BCUT2D eigenvalue weighted by atomic mass is 9.99. The van der Waals surface area contributed by atoms with Crippen molar-refractivity contribution in [3.05, 3.63) is 34.9 Å². The maximum atomic E-state index is 12.8. The number of rotatable bonds is 4. The van der Waals surface area contributed by atoms with Gasteiger partial charge in [0, 0.05) is 38.0 Å². The van der Waals surface area contributed by atoms with Gasteiger partial charge in [-0.15, -0.1) is 0 Å². The smallest absolute Gasteiger partial charge is 0.255 e. The van der Waals surface area contributed by atoms with Crippen LogP contribution in [0.5, 0.6) is 0 Å². The molecule has 1 atom stereocenters. The van der Waals surface area contributed by atoms with E-state index in [-0.39, 0.29) is 24.1 Å². The first-order chi connectivity index (χ1) is 13.0. The van der Waals surface area contributed by atoms with Crippen LogP contribution in [0.1, 0.15) is 53.6 Å². The van der Waals surface area contributed by atoms with Gasteiger partial charge in [0.1, 0.15) is 6.04 Å². The molecule has 0 radical (unpaired) electrons. The first-order valence-corrected chi connectivity index (χ1v) is 9.58. The number of imide groups is 1. The Morgan fingerprint density at radius 2 is 1.93 bits per heavy atom. The first kappa shape index (κ1) is 17.7. The molecule has 2 saturated heterocycles. The summed E-state index contributed by atoms with van der Waals surface area (Å²) in [6.07, 6.45) is 3.77. The van der Waals surface area contributed by atoms with Crippen molar-refractivity contribution in [3.8, 4) is 0 Å². The number of carbonyl (C=O) groups excluding carboxylic acids is 4. The highest BCUT2D eigenvalue weighted by Gasteiger charge is 2.39. The molecule has 3 heterocycles. The van der Waals surface area contributed by atoms with Crippen molar-refractivity contribution in [2.75, 3.05) is 13.1 Å². The van der Waals surface area contributed by atoms with Gasteiger partial charge in [-0.2, -0.15) is 0 Å². The fourth-order valence-electron chi connectivity index (χ4n) is 4.25. The Hall–Kier alpha value is -2.70. The Kier molecular flexibility index (Phi) is 4.68. The Balaban J connectivity index is 1.48. The van der Waals surface area contributed by atoms with Gasteiger partial charge in [0.25, 0.3) is 5.91 Å². The van der Waals surface area contributed by atoms with Gasteiger partial charge in [-0.3, -0.25) is 24.5 Å². The molecule has 4 rings (SSSR count). The molecular weight excluding hydrogens is 346 g/mol. The van der Waals surface area contributed by atoms with Gasteiger partial charge in [-0.05, 0) is 42.9 Å². The SMILES string of the molecule is O=C1CCC(N2Cc3c(CCC(=O)N4CCCC4)cccc3C2=O)C(=O)N1. The number of fused-ring (bicyclic) bond motifs is 1. The van der Waals surface area contributed by atoms with E-state index >= 15 is 0 Å². The minimum absolute atomic E-state index is 0.163. The van der Waals surface area contributed by atoms with Gasteiger partial charge >= 0.3 is 0 Å². The van der Waals surface area contributed by atoms with Crippen LogP contribution >= 0.6 is 0 Å². The van der Waals surface area contributed by atoms with Crippen LogP contribution in [0.15, 0.2) is 18.2 Å². The number of nitrogens with one attached hydrogen (secondary N) is 1. The molecule has 1 aromatic carbocycles. The van der Waals surface area contributed by atoms with Crippen LogP contribution in [-0.2, 0) is 27.3 Å². The minimum Gasteiger partial charge on any atom is -0.343 e. The highest BCUT2D eigenvalue weighted by Crippen LogP contribution is 2.30. The molecular formula is C20H23N3O4. The summed E-state index contributed by atoms with van der Waals surface area (Å²) in [5, 5.41) is 2.32. The molecule has 0 bridgehead atoms. The molecule has 0 aliphatic carbocycles. The molecule has 142 valence electrons. The predicted molar refractivity (Wildman–Crippen MR) is 96.6 cm³/mol. The molecule has 0 spiro atoms. The van der Waals surface area contributed by atoms with Crippen molar-refractivity contribution in [1.29, 1.82) is 0 Å². The lowest BCUT2D eigenvalue weighted by Gasteiger charge is -2.29. The standard InChI is InChI=1S/C20H23N3O4/c24-17-8-7-16(19(26)21-17)23-12-15-13(4-3-5-14(15)20(23)27)6-9-18(25)22-10-1-2-11-22/h3-5,16H,1-2,6-12H2,(H,21,24,26). The molecule has 7 nitrogen and oxygen atoms in total. The maximum absolute atomic E-state index is 12.8. The third-order valence-electron chi connectivity index (χ3n) is 5.75. The van der Waals surface area contributed by atoms with Crippen LogP contribution in [0.3, 0.4) is 0 Å². The average Bonchev–Trinajstić information content (AvgIpc) is 3.29. The van der Waals surface area contributed by atoms with Crippen LogP contribution in [0, 0.1) is 0 Å². The summed E-state index contributed by atoms with van der Waals surface area (Å²) in [6, 6.07) is 4.95. The van der Waals surface area contributed by atoms with E-state index in [1.165, 1.54) is 0 Å². The third kappa shape index (κ3) is 3.34. The van der Waals surface area contributed by atoms with E-state index in [1.807, 2.05) is 17.0 Å². The second kappa shape index (κ2) is 7.13. The number of aryl methyl sites for hydroxylation is 1. The molecule has 2 fully saturated rings. The molecule has 1 N–H and O–H groups in total. The van der Waals surface area contributed by atoms with Gasteiger partial charge in [0.2, 0.25) is 17.7 Å². The van der Waals surface area contributed by atoms with E-state index in [9.17, 15) is 19.2 Å². The Bertz CT molecular complexity index is 813. The molecule has 4 amide bonds. The topological polar surface area (TPSA) is 86.8 Å². The zero-order valence-electron chi connectivity index (χ0n) is 15.2. The van der Waals surface area contributed by atoms with Crippen molar-refractivity contribution in [3.63, 3.8) is 0 Å². The van der Waals surface area contributed by atoms with Crippen LogP contribution < -0.4 is 5.32 Å². The maximum Gasteiger partial charge on any atom is 0.255 e. The van der Waals surface area contributed by atoms with Gasteiger partial charge in [-0.1, -0.05) is 12.1 Å². The summed E-state index contributed by atoms with van der Waals surface area (Å²) in [5.74, 6) is -0.705. The van der Waals surface area contributed by atoms with Crippen molar-refractivity contribution in [1.82, 2.24) is 15.1 Å². The Labute approximate surface area is 157 Å². The number of carbonyl (C=O) groups is 4.